The van der Waals surface area contributed by atoms with Crippen molar-refractivity contribution >= 4 is 22.7 Å². The van der Waals surface area contributed by atoms with Gasteiger partial charge in [0.2, 0.25) is 0 Å². The smallest absolute Gasteiger partial charge is 0.319 e. The van der Waals surface area contributed by atoms with E-state index in [2.05, 4.69) is 29.5 Å². The van der Waals surface area contributed by atoms with Gasteiger partial charge in [0.05, 0.1) is 12.0 Å². The third-order valence-electron chi connectivity index (χ3n) is 4.51. The van der Waals surface area contributed by atoms with E-state index in [0.29, 0.717) is 12.2 Å². The molecule has 6 heteroatoms. The molecule has 2 heterocycles. The summed E-state index contributed by atoms with van der Waals surface area (Å²) in [6.07, 6.45) is 7.13. The van der Waals surface area contributed by atoms with E-state index in [1.165, 1.54) is 0 Å². The molecule has 3 aromatic rings. The van der Waals surface area contributed by atoms with Crippen LogP contribution in [-0.2, 0) is 6.42 Å². The van der Waals surface area contributed by atoms with E-state index in [9.17, 15) is 4.79 Å². The number of imidazole rings is 1. The van der Waals surface area contributed by atoms with Gasteiger partial charge in [-0.1, -0.05) is 19.1 Å². The van der Waals surface area contributed by atoms with Crippen molar-refractivity contribution in [2.45, 2.75) is 39.7 Å². The summed E-state index contributed by atoms with van der Waals surface area (Å²) < 4.78 is 7.94. The highest BCUT2D eigenvalue weighted by Gasteiger charge is 2.14. The first-order valence-corrected chi connectivity index (χ1v) is 8.63. The maximum Gasteiger partial charge on any atom is 0.319 e. The van der Waals surface area contributed by atoms with Crippen molar-refractivity contribution in [1.82, 2.24) is 14.9 Å². The number of amides is 2. The van der Waals surface area contributed by atoms with E-state index in [-0.39, 0.29) is 12.1 Å². The van der Waals surface area contributed by atoms with Crippen LogP contribution in [-0.4, -0.2) is 22.1 Å². The standard InChI is InChI=1S/C19H24N4O2/c1-4-17-14(3)15-6-5-7-16(18(15)25-17)22-19(24)21-9-8-13(2)23-11-10-20-12-23/h5-7,10-13H,4,8-9H2,1-3H3,(H2,21,22,24)/t13-/m0/s1. The van der Waals surface area contributed by atoms with E-state index in [1.54, 1.807) is 12.5 Å². The van der Waals surface area contributed by atoms with Gasteiger partial charge in [-0.3, -0.25) is 0 Å². The molecule has 6 nitrogen and oxygen atoms in total. The van der Waals surface area contributed by atoms with Gasteiger partial charge in [0, 0.05) is 36.8 Å². The van der Waals surface area contributed by atoms with E-state index >= 15 is 0 Å². The van der Waals surface area contributed by atoms with Gasteiger partial charge in [-0.2, -0.15) is 0 Å². The molecule has 2 N–H and O–H groups in total. The summed E-state index contributed by atoms with van der Waals surface area (Å²) in [5.74, 6) is 0.957. The number of fused-ring (bicyclic) bond motifs is 1. The molecule has 0 aliphatic carbocycles. The van der Waals surface area contributed by atoms with Crippen LogP contribution in [0.5, 0.6) is 0 Å². The average Bonchev–Trinajstić information content (AvgIpc) is 3.24. The largest absolute Gasteiger partial charge is 0.459 e. The maximum atomic E-state index is 12.2. The van der Waals surface area contributed by atoms with Crippen LogP contribution in [0.25, 0.3) is 11.0 Å². The predicted molar refractivity (Wildman–Crippen MR) is 98.9 cm³/mol. The number of furan rings is 1. The Morgan fingerprint density at radius 1 is 1.40 bits per heavy atom. The van der Waals surface area contributed by atoms with Crippen molar-refractivity contribution in [3.63, 3.8) is 0 Å². The van der Waals surface area contributed by atoms with Crippen LogP contribution in [0.1, 0.15) is 37.6 Å². The number of hydrogen-bond donors (Lipinski definition) is 2. The van der Waals surface area contributed by atoms with Crippen LogP contribution in [0.2, 0.25) is 0 Å². The van der Waals surface area contributed by atoms with Gasteiger partial charge in [-0.15, -0.1) is 0 Å². The van der Waals surface area contributed by atoms with Crippen molar-refractivity contribution in [2.75, 3.05) is 11.9 Å². The van der Waals surface area contributed by atoms with Crippen molar-refractivity contribution < 1.29 is 9.21 Å². The summed E-state index contributed by atoms with van der Waals surface area (Å²) in [6, 6.07) is 5.87. The topological polar surface area (TPSA) is 72.1 Å². The number of benzene rings is 1. The second kappa shape index (κ2) is 7.42. The minimum atomic E-state index is -0.225. The number of para-hydroxylation sites is 1. The first kappa shape index (κ1) is 17.1. The highest BCUT2D eigenvalue weighted by atomic mass is 16.3. The van der Waals surface area contributed by atoms with Crippen molar-refractivity contribution in [3.05, 3.63) is 48.2 Å². The van der Waals surface area contributed by atoms with E-state index < -0.39 is 0 Å². The Bertz CT molecular complexity index is 852. The third kappa shape index (κ3) is 3.68. The number of carbonyl (C=O) groups excluding carboxylic acids is 1. The molecule has 0 unspecified atom stereocenters. The van der Waals surface area contributed by atoms with Crippen LogP contribution in [0.15, 0.2) is 41.3 Å². The van der Waals surface area contributed by atoms with Crippen molar-refractivity contribution in [1.29, 1.82) is 0 Å². The lowest BCUT2D eigenvalue weighted by Gasteiger charge is -2.13. The maximum absolute atomic E-state index is 12.2. The molecule has 25 heavy (non-hydrogen) atoms. The Balaban J connectivity index is 1.60. The summed E-state index contributed by atoms with van der Waals surface area (Å²) in [7, 11) is 0. The Hall–Kier alpha value is -2.76. The molecule has 0 fully saturated rings. The number of hydrogen-bond acceptors (Lipinski definition) is 3. The lowest BCUT2D eigenvalue weighted by molar-refractivity contribution is 0.251. The van der Waals surface area contributed by atoms with Crippen LogP contribution in [0, 0.1) is 6.92 Å². The van der Waals surface area contributed by atoms with Gasteiger partial charge in [0.1, 0.15) is 5.76 Å². The second-order valence-corrected chi connectivity index (χ2v) is 6.21. The Morgan fingerprint density at radius 3 is 2.96 bits per heavy atom. The van der Waals surface area contributed by atoms with Crippen LogP contribution >= 0.6 is 0 Å². The zero-order valence-electron chi connectivity index (χ0n) is 14.9. The lowest BCUT2D eigenvalue weighted by atomic mass is 10.1. The minimum Gasteiger partial charge on any atom is -0.459 e. The monoisotopic (exact) mass is 340 g/mol. The summed E-state index contributed by atoms with van der Waals surface area (Å²) in [6.45, 7) is 6.79. The fourth-order valence-electron chi connectivity index (χ4n) is 2.97. The normalized spacial score (nSPS) is 12.3. The summed E-state index contributed by atoms with van der Waals surface area (Å²) in [5.41, 5.74) is 2.56. The predicted octanol–water partition coefficient (Wildman–Crippen LogP) is 4.27. The summed E-state index contributed by atoms with van der Waals surface area (Å²) in [4.78, 5) is 16.2. The van der Waals surface area contributed by atoms with Gasteiger partial charge in [-0.05, 0) is 31.9 Å². The van der Waals surface area contributed by atoms with Gasteiger partial charge >= 0.3 is 6.03 Å². The number of carbonyl (C=O) groups is 1. The number of nitrogens with zero attached hydrogens (tertiary/aromatic N) is 2. The molecular formula is C19H24N4O2. The Labute approximate surface area is 147 Å². The molecule has 1 aromatic carbocycles. The Morgan fingerprint density at radius 2 is 2.24 bits per heavy atom. The molecule has 0 spiro atoms. The summed E-state index contributed by atoms with van der Waals surface area (Å²) >= 11 is 0. The zero-order valence-corrected chi connectivity index (χ0v) is 14.9. The molecule has 2 aromatic heterocycles. The number of rotatable bonds is 6. The molecule has 0 aliphatic rings. The molecule has 0 radical (unpaired) electrons. The SMILES string of the molecule is CCc1oc2c(NC(=O)NCC[C@H](C)n3ccnc3)cccc2c1C. The third-order valence-corrected chi connectivity index (χ3v) is 4.51. The molecule has 3 rings (SSSR count). The van der Waals surface area contributed by atoms with E-state index in [4.69, 9.17) is 4.42 Å². The Kier molecular flexibility index (Phi) is 5.07. The van der Waals surface area contributed by atoms with Gasteiger partial charge in [0.15, 0.2) is 5.58 Å². The minimum absolute atomic E-state index is 0.225. The molecule has 2 amide bonds. The summed E-state index contributed by atoms with van der Waals surface area (Å²) in [5, 5.41) is 6.84. The molecule has 0 saturated carbocycles. The highest BCUT2D eigenvalue weighted by molar-refractivity contribution is 6.00. The number of urea groups is 1. The zero-order chi connectivity index (χ0) is 17.8. The first-order chi connectivity index (χ1) is 12.1. The molecule has 0 aliphatic heterocycles. The van der Waals surface area contributed by atoms with E-state index in [0.717, 1.165) is 35.1 Å². The number of aryl methyl sites for hydroxylation is 2. The fraction of sp³-hybridized carbons (Fsp3) is 0.368. The number of anilines is 1. The molecular weight excluding hydrogens is 316 g/mol. The quantitative estimate of drug-likeness (QED) is 0.704. The van der Waals surface area contributed by atoms with Gasteiger partial charge in [0.25, 0.3) is 0 Å². The average molecular weight is 340 g/mol. The van der Waals surface area contributed by atoms with E-state index in [1.807, 2.05) is 35.9 Å². The van der Waals surface area contributed by atoms with Crippen molar-refractivity contribution in [3.8, 4) is 0 Å². The molecule has 132 valence electrons. The molecule has 0 saturated heterocycles. The van der Waals surface area contributed by atoms with Crippen LogP contribution < -0.4 is 10.6 Å². The van der Waals surface area contributed by atoms with Gasteiger partial charge < -0.3 is 19.6 Å². The number of nitrogens with one attached hydrogen (secondary N) is 2. The van der Waals surface area contributed by atoms with Crippen LogP contribution in [0.3, 0.4) is 0 Å². The van der Waals surface area contributed by atoms with Crippen LogP contribution in [0.4, 0.5) is 10.5 Å². The molecule has 1 atom stereocenters. The first-order valence-electron chi connectivity index (χ1n) is 8.63. The van der Waals surface area contributed by atoms with Crippen molar-refractivity contribution in [2.24, 2.45) is 0 Å². The fourth-order valence-corrected chi connectivity index (χ4v) is 2.97. The highest BCUT2D eigenvalue weighted by Crippen LogP contribution is 2.31. The number of aromatic nitrogens is 2. The van der Waals surface area contributed by atoms with Gasteiger partial charge in [-0.25, -0.2) is 9.78 Å². The lowest BCUT2D eigenvalue weighted by Crippen LogP contribution is -2.30. The molecule has 0 bridgehead atoms. The second-order valence-electron chi connectivity index (χ2n) is 6.21.